The van der Waals surface area contributed by atoms with Crippen molar-refractivity contribution < 1.29 is 9.53 Å². The van der Waals surface area contributed by atoms with E-state index in [0.29, 0.717) is 22.5 Å². The number of hydrogen-bond donors (Lipinski definition) is 2. The zero-order valence-corrected chi connectivity index (χ0v) is 18.6. The highest BCUT2D eigenvalue weighted by Gasteiger charge is 2.19. The number of amides is 1. The molecule has 3 rings (SSSR count). The van der Waals surface area contributed by atoms with Crippen LogP contribution in [0.3, 0.4) is 0 Å². The molecule has 1 heterocycles. The molecule has 9 heteroatoms. The average molecular weight is 446 g/mol. The van der Waals surface area contributed by atoms with Crippen LogP contribution < -0.4 is 15.9 Å². The van der Waals surface area contributed by atoms with Crippen LogP contribution in [0.1, 0.15) is 29.4 Å². The largest absolute Gasteiger partial charge is 0.485 e. The minimum Gasteiger partial charge on any atom is -0.485 e. The molecular weight excluding hydrogens is 422 g/mol. The second-order valence-electron chi connectivity index (χ2n) is 6.88. The number of nitrogens with two attached hydrogens (primary N) is 1. The Balaban J connectivity index is 1.55. The molecule has 158 valence electrons. The minimum absolute atomic E-state index is 0.119. The maximum Gasteiger partial charge on any atom is 0.233 e. The molecule has 0 saturated carbocycles. The van der Waals surface area contributed by atoms with Crippen molar-refractivity contribution in [1.29, 1.82) is 0 Å². The van der Waals surface area contributed by atoms with Crippen molar-refractivity contribution >= 4 is 29.3 Å². The number of rotatable bonds is 8. The SMILES string of the molecule is Cc1cccc(C)c1OCc1nnc(SC(C)C(=O)NCc2ccc(Cl)cc2)n1N. The van der Waals surface area contributed by atoms with Gasteiger partial charge in [-0.15, -0.1) is 10.2 Å². The summed E-state index contributed by atoms with van der Waals surface area (Å²) in [5.41, 5.74) is 3.05. The summed E-state index contributed by atoms with van der Waals surface area (Å²) in [5, 5.41) is 11.8. The fraction of sp³-hybridized carbons (Fsp3) is 0.286. The van der Waals surface area contributed by atoms with Crippen molar-refractivity contribution in [3.63, 3.8) is 0 Å². The molecule has 2 aromatic carbocycles. The summed E-state index contributed by atoms with van der Waals surface area (Å²) in [6, 6.07) is 13.3. The first kappa shape index (κ1) is 22.0. The smallest absolute Gasteiger partial charge is 0.233 e. The van der Waals surface area contributed by atoms with E-state index >= 15 is 0 Å². The number of hydrogen-bond acceptors (Lipinski definition) is 6. The van der Waals surface area contributed by atoms with Gasteiger partial charge in [-0.25, -0.2) is 4.68 Å². The van der Waals surface area contributed by atoms with E-state index in [1.807, 2.05) is 44.2 Å². The lowest BCUT2D eigenvalue weighted by Gasteiger charge is -2.13. The number of nitrogens with zero attached hydrogens (tertiary/aromatic N) is 3. The van der Waals surface area contributed by atoms with Crippen LogP contribution in [-0.2, 0) is 17.9 Å². The minimum atomic E-state index is -0.392. The molecular formula is C21H24ClN5O2S. The van der Waals surface area contributed by atoms with E-state index < -0.39 is 5.25 Å². The Morgan fingerprint density at radius 3 is 2.53 bits per heavy atom. The van der Waals surface area contributed by atoms with Gasteiger partial charge in [0.05, 0.1) is 5.25 Å². The van der Waals surface area contributed by atoms with E-state index in [1.54, 1.807) is 19.1 Å². The van der Waals surface area contributed by atoms with Crippen LogP contribution in [-0.4, -0.2) is 26.0 Å². The number of aryl methyl sites for hydroxylation is 2. The molecule has 7 nitrogen and oxygen atoms in total. The summed E-state index contributed by atoms with van der Waals surface area (Å²) in [7, 11) is 0. The Bertz CT molecular complexity index is 1000. The quantitative estimate of drug-likeness (QED) is 0.406. The molecule has 0 aliphatic rings. The van der Waals surface area contributed by atoms with Crippen molar-refractivity contribution in [2.75, 3.05) is 5.84 Å². The summed E-state index contributed by atoms with van der Waals surface area (Å²) < 4.78 is 7.26. The second kappa shape index (κ2) is 9.86. The number of nitrogens with one attached hydrogen (secondary N) is 1. The topological polar surface area (TPSA) is 95.1 Å². The molecule has 0 saturated heterocycles. The molecule has 1 amide bonds. The normalized spacial score (nSPS) is 11.9. The molecule has 0 aliphatic heterocycles. The fourth-order valence-electron chi connectivity index (χ4n) is 2.80. The molecule has 3 aromatic rings. The van der Waals surface area contributed by atoms with Crippen LogP contribution >= 0.6 is 23.4 Å². The van der Waals surface area contributed by atoms with E-state index in [2.05, 4.69) is 15.5 Å². The molecule has 0 radical (unpaired) electrons. The molecule has 1 aromatic heterocycles. The van der Waals surface area contributed by atoms with Gasteiger partial charge in [0.25, 0.3) is 0 Å². The fourth-order valence-corrected chi connectivity index (χ4v) is 3.74. The molecule has 30 heavy (non-hydrogen) atoms. The molecule has 1 atom stereocenters. The van der Waals surface area contributed by atoms with Crippen LogP contribution in [0.5, 0.6) is 5.75 Å². The van der Waals surface area contributed by atoms with Gasteiger partial charge in [-0.3, -0.25) is 4.79 Å². The van der Waals surface area contributed by atoms with Gasteiger partial charge >= 0.3 is 0 Å². The zero-order chi connectivity index (χ0) is 21.7. The second-order valence-corrected chi connectivity index (χ2v) is 8.63. The third kappa shape index (κ3) is 5.46. The number of carbonyl (C=O) groups is 1. The maximum absolute atomic E-state index is 12.4. The number of para-hydroxylation sites is 1. The number of nitrogen functional groups attached to an aromatic ring is 1. The Labute approximate surface area is 184 Å². The van der Waals surface area contributed by atoms with E-state index in [1.165, 1.54) is 16.4 Å². The Hall–Kier alpha value is -2.71. The molecule has 3 N–H and O–H groups in total. The molecule has 0 spiro atoms. The lowest BCUT2D eigenvalue weighted by Crippen LogP contribution is -2.31. The molecule has 1 unspecified atom stereocenters. The predicted molar refractivity (Wildman–Crippen MR) is 119 cm³/mol. The first-order valence-electron chi connectivity index (χ1n) is 9.42. The van der Waals surface area contributed by atoms with E-state index in [-0.39, 0.29) is 12.5 Å². The summed E-state index contributed by atoms with van der Waals surface area (Å²) >= 11 is 7.12. The van der Waals surface area contributed by atoms with Crippen molar-refractivity contribution in [2.45, 2.75) is 44.3 Å². The number of halogens is 1. The number of aromatic nitrogens is 3. The van der Waals surface area contributed by atoms with Gasteiger partial charge in [-0.1, -0.05) is 53.7 Å². The zero-order valence-electron chi connectivity index (χ0n) is 17.1. The number of carbonyl (C=O) groups excluding carboxylic acids is 1. The molecule has 0 bridgehead atoms. The Morgan fingerprint density at radius 1 is 1.20 bits per heavy atom. The van der Waals surface area contributed by atoms with Gasteiger partial charge in [0.1, 0.15) is 12.4 Å². The van der Waals surface area contributed by atoms with E-state index in [0.717, 1.165) is 22.4 Å². The summed E-state index contributed by atoms with van der Waals surface area (Å²) in [6.07, 6.45) is 0. The first-order chi connectivity index (χ1) is 14.3. The molecule has 0 fully saturated rings. The van der Waals surface area contributed by atoms with Crippen molar-refractivity contribution in [1.82, 2.24) is 20.2 Å². The van der Waals surface area contributed by atoms with Crippen LogP contribution in [0, 0.1) is 13.8 Å². The third-order valence-electron chi connectivity index (χ3n) is 4.52. The Morgan fingerprint density at radius 2 is 1.87 bits per heavy atom. The van der Waals surface area contributed by atoms with Crippen molar-refractivity contribution in [2.24, 2.45) is 0 Å². The highest BCUT2D eigenvalue weighted by molar-refractivity contribution is 8.00. The van der Waals surface area contributed by atoms with Gasteiger partial charge in [0.15, 0.2) is 5.82 Å². The van der Waals surface area contributed by atoms with Gasteiger partial charge in [0, 0.05) is 11.6 Å². The van der Waals surface area contributed by atoms with Crippen molar-refractivity contribution in [3.05, 3.63) is 70.0 Å². The highest BCUT2D eigenvalue weighted by atomic mass is 35.5. The van der Waals surface area contributed by atoms with Gasteiger partial charge in [-0.05, 0) is 49.6 Å². The number of ether oxygens (including phenoxy) is 1. The number of benzene rings is 2. The standard InChI is InChI=1S/C21H24ClN5O2S/c1-13-5-4-6-14(2)19(13)29-12-18-25-26-21(27(18)23)30-15(3)20(28)24-11-16-7-9-17(22)10-8-16/h4-10,15H,11-12,23H2,1-3H3,(H,24,28). The van der Waals surface area contributed by atoms with E-state index in [4.69, 9.17) is 22.2 Å². The average Bonchev–Trinajstić information content (AvgIpc) is 3.06. The van der Waals surface area contributed by atoms with E-state index in [9.17, 15) is 4.79 Å². The monoisotopic (exact) mass is 445 g/mol. The Kier molecular flexibility index (Phi) is 7.23. The van der Waals surface area contributed by atoms with Crippen LogP contribution in [0.4, 0.5) is 0 Å². The summed E-state index contributed by atoms with van der Waals surface area (Å²) in [6.45, 7) is 6.38. The maximum atomic E-state index is 12.4. The predicted octanol–water partition coefficient (Wildman–Crippen LogP) is 3.64. The van der Waals surface area contributed by atoms with Gasteiger partial charge < -0.3 is 15.9 Å². The van der Waals surface area contributed by atoms with Gasteiger partial charge in [0.2, 0.25) is 11.1 Å². The van der Waals surface area contributed by atoms with Crippen LogP contribution in [0.15, 0.2) is 47.6 Å². The van der Waals surface area contributed by atoms with Crippen LogP contribution in [0.25, 0.3) is 0 Å². The lowest BCUT2D eigenvalue weighted by molar-refractivity contribution is -0.120. The lowest BCUT2D eigenvalue weighted by atomic mass is 10.1. The first-order valence-corrected chi connectivity index (χ1v) is 10.7. The third-order valence-corrected chi connectivity index (χ3v) is 5.83. The summed E-state index contributed by atoms with van der Waals surface area (Å²) in [4.78, 5) is 12.4. The van der Waals surface area contributed by atoms with Crippen LogP contribution in [0.2, 0.25) is 5.02 Å². The van der Waals surface area contributed by atoms with Crippen molar-refractivity contribution in [3.8, 4) is 5.75 Å². The van der Waals surface area contributed by atoms with Gasteiger partial charge in [-0.2, -0.15) is 0 Å². The molecule has 0 aliphatic carbocycles. The summed E-state index contributed by atoms with van der Waals surface area (Å²) in [5.74, 6) is 7.29. The number of thioether (sulfide) groups is 1. The highest BCUT2D eigenvalue weighted by Crippen LogP contribution is 2.24.